The number of imidazole rings is 1. The fraction of sp³-hybridized carbons (Fsp3) is 0.571. The number of aromatic nitrogens is 2. The van der Waals surface area contributed by atoms with Crippen molar-refractivity contribution < 1.29 is 5.11 Å². The van der Waals surface area contributed by atoms with Gasteiger partial charge in [0.2, 0.25) is 0 Å². The minimum atomic E-state index is -0.0846. The second kappa shape index (κ2) is 2.92. The van der Waals surface area contributed by atoms with Crippen LogP contribution in [0.1, 0.15) is 12.6 Å². The van der Waals surface area contributed by atoms with E-state index in [1.54, 1.807) is 17.8 Å². The van der Waals surface area contributed by atoms with Crippen LogP contribution in [0.3, 0.4) is 0 Å². The molecule has 1 heterocycles. The van der Waals surface area contributed by atoms with Gasteiger partial charge in [-0.25, -0.2) is 4.79 Å². The van der Waals surface area contributed by atoms with Crippen LogP contribution in [0, 0.1) is 0 Å². The predicted molar refractivity (Wildman–Crippen MR) is 41.3 cm³/mol. The van der Waals surface area contributed by atoms with Gasteiger partial charge in [0.15, 0.2) is 0 Å². The quantitative estimate of drug-likeness (QED) is 0.639. The summed E-state index contributed by atoms with van der Waals surface area (Å²) in [6, 6.07) is 0. The van der Waals surface area contributed by atoms with Crippen molar-refractivity contribution in [1.29, 1.82) is 0 Å². The molecular formula is C7H12N2O2. The lowest BCUT2D eigenvalue weighted by Gasteiger charge is -1.91. The molecular weight excluding hydrogens is 144 g/mol. The van der Waals surface area contributed by atoms with E-state index in [9.17, 15) is 4.79 Å². The standard InChI is InChI=1S/C7H12N2O2/c1-3-9-4-6(5-10)8(2)7(9)11/h4,10H,3,5H2,1-2H3. The Labute approximate surface area is 64.7 Å². The number of aliphatic hydroxyl groups is 1. The van der Waals surface area contributed by atoms with Gasteiger partial charge in [-0.1, -0.05) is 0 Å². The van der Waals surface area contributed by atoms with E-state index in [2.05, 4.69) is 0 Å². The van der Waals surface area contributed by atoms with Crippen LogP contribution in [-0.4, -0.2) is 14.2 Å². The minimum absolute atomic E-state index is 0.0726. The topological polar surface area (TPSA) is 47.2 Å². The number of hydrogen-bond donors (Lipinski definition) is 1. The third kappa shape index (κ3) is 1.21. The molecule has 11 heavy (non-hydrogen) atoms. The van der Waals surface area contributed by atoms with Crippen molar-refractivity contribution in [1.82, 2.24) is 9.13 Å². The number of rotatable bonds is 2. The highest BCUT2D eigenvalue weighted by Gasteiger charge is 2.03. The van der Waals surface area contributed by atoms with Gasteiger partial charge in [0.05, 0.1) is 12.3 Å². The van der Waals surface area contributed by atoms with Crippen molar-refractivity contribution in [2.45, 2.75) is 20.1 Å². The summed E-state index contributed by atoms with van der Waals surface area (Å²) >= 11 is 0. The summed E-state index contributed by atoms with van der Waals surface area (Å²) in [5.74, 6) is 0. The van der Waals surface area contributed by atoms with Crippen LogP contribution >= 0.6 is 0 Å². The Kier molecular flexibility index (Phi) is 2.14. The monoisotopic (exact) mass is 156 g/mol. The molecule has 0 atom stereocenters. The van der Waals surface area contributed by atoms with Crippen LogP contribution in [0.25, 0.3) is 0 Å². The maximum atomic E-state index is 11.2. The molecule has 0 aliphatic heterocycles. The van der Waals surface area contributed by atoms with Crippen molar-refractivity contribution in [3.8, 4) is 0 Å². The minimum Gasteiger partial charge on any atom is -0.390 e. The van der Waals surface area contributed by atoms with Gasteiger partial charge in [-0.3, -0.25) is 9.13 Å². The van der Waals surface area contributed by atoms with Crippen molar-refractivity contribution >= 4 is 0 Å². The fourth-order valence-corrected chi connectivity index (χ4v) is 1.01. The third-order valence-electron chi connectivity index (χ3n) is 1.77. The van der Waals surface area contributed by atoms with Crippen molar-refractivity contribution in [2.24, 2.45) is 7.05 Å². The molecule has 0 spiro atoms. The molecule has 4 heteroatoms. The van der Waals surface area contributed by atoms with Crippen LogP contribution in [0.15, 0.2) is 11.0 Å². The Bertz CT molecular complexity index is 298. The summed E-state index contributed by atoms with van der Waals surface area (Å²) < 4.78 is 3.01. The lowest BCUT2D eigenvalue weighted by Crippen LogP contribution is -2.21. The van der Waals surface area contributed by atoms with Gasteiger partial charge >= 0.3 is 5.69 Å². The summed E-state index contributed by atoms with van der Waals surface area (Å²) in [5, 5.41) is 8.78. The highest BCUT2D eigenvalue weighted by atomic mass is 16.3. The van der Waals surface area contributed by atoms with Gasteiger partial charge in [-0.2, -0.15) is 0 Å². The molecule has 0 unspecified atom stereocenters. The Morgan fingerprint density at radius 1 is 1.64 bits per heavy atom. The molecule has 0 saturated heterocycles. The molecule has 1 rings (SSSR count). The molecule has 0 amide bonds. The molecule has 62 valence electrons. The van der Waals surface area contributed by atoms with Crippen LogP contribution in [-0.2, 0) is 20.2 Å². The van der Waals surface area contributed by atoms with E-state index in [4.69, 9.17) is 5.11 Å². The second-order valence-corrected chi connectivity index (χ2v) is 2.41. The molecule has 0 bridgehead atoms. The lowest BCUT2D eigenvalue weighted by molar-refractivity contribution is 0.272. The van der Waals surface area contributed by atoms with Gasteiger partial charge in [0.1, 0.15) is 0 Å². The Morgan fingerprint density at radius 2 is 2.27 bits per heavy atom. The average molecular weight is 156 g/mol. The first kappa shape index (κ1) is 8.07. The summed E-state index contributed by atoms with van der Waals surface area (Å²) in [6.45, 7) is 2.45. The first-order valence-corrected chi connectivity index (χ1v) is 3.56. The fourth-order valence-electron chi connectivity index (χ4n) is 1.01. The van der Waals surface area contributed by atoms with Crippen molar-refractivity contribution in [2.75, 3.05) is 0 Å². The average Bonchev–Trinajstić information content (AvgIpc) is 2.30. The summed E-state index contributed by atoms with van der Waals surface area (Å²) in [6.07, 6.45) is 1.67. The molecule has 1 N–H and O–H groups in total. The van der Waals surface area contributed by atoms with Crippen LogP contribution in [0.2, 0.25) is 0 Å². The number of hydrogen-bond acceptors (Lipinski definition) is 2. The number of aliphatic hydroxyl groups excluding tert-OH is 1. The summed E-state index contributed by atoms with van der Waals surface area (Å²) in [4.78, 5) is 11.2. The molecule has 0 fully saturated rings. The Morgan fingerprint density at radius 3 is 2.55 bits per heavy atom. The van der Waals surface area contributed by atoms with Gasteiger partial charge in [0.25, 0.3) is 0 Å². The normalized spacial score (nSPS) is 10.5. The molecule has 0 saturated carbocycles. The highest BCUT2D eigenvalue weighted by Crippen LogP contribution is 1.94. The first-order chi connectivity index (χ1) is 5.20. The zero-order valence-electron chi connectivity index (χ0n) is 6.74. The Hall–Kier alpha value is -1.03. The predicted octanol–water partition coefficient (Wildman–Crippen LogP) is -0.301. The molecule has 1 aromatic rings. The molecule has 0 aliphatic rings. The van der Waals surface area contributed by atoms with E-state index in [-0.39, 0.29) is 12.3 Å². The summed E-state index contributed by atoms with van der Waals surface area (Å²) in [5.41, 5.74) is 0.577. The van der Waals surface area contributed by atoms with Gasteiger partial charge in [-0.15, -0.1) is 0 Å². The van der Waals surface area contributed by atoms with Gasteiger partial charge in [0, 0.05) is 19.8 Å². The molecule has 0 radical (unpaired) electrons. The van der Waals surface area contributed by atoms with E-state index in [0.29, 0.717) is 12.2 Å². The van der Waals surface area contributed by atoms with Crippen LogP contribution in [0.5, 0.6) is 0 Å². The largest absolute Gasteiger partial charge is 0.390 e. The van der Waals surface area contributed by atoms with E-state index in [1.165, 1.54) is 4.57 Å². The Balaban J connectivity index is 3.23. The molecule has 0 aliphatic carbocycles. The molecule has 4 nitrogen and oxygen atoms in total. The zero-order chi connectivity index (χ0) is 8.43. The van der Waals surface area contributed by atoms with E-state index < -0.39 is 0 Å². The second-order valence-electron chi connectivity index (χ2n) is 2.41. The number of nitrogens with zero attached hydrogens (tertiary/aromatic N) is 2. The molecule has 0 aromatic carbocycles. The van der Waals surface area contributed by atoms with E-state index in [1.807, 2.05) is 6.92 Å². The lowest BCUT2D eigenvalue weighted by atomic mass is 10.5. The number of aryl methyl sites for hydroxylation is 1. The van der Waals surface area contributed by atoms with E-state index >= 15 is 0 Å². The first-order valence-electron chi connectivity index (χ1n) is 3.56. The highest BCUT2D eigenvalue weighted by molar-refractivity contribution is 4.97. The van der Waals surface area contributed by atoms with E-state index in [0.717, 1.165) is 0 Å². The van der Waals surface area contributed by atoms with Crippen molar-refractivity contribution in [3.05, 3.63) is 22.4 Å². The zero-order valence-corrected chi connectivity index (χ0v) is 6.74. The summed E-state index contributed by atoms with van der Waals surface area (Å²) in [7, 11) is 1.65. The smallest absolute Gasteiger partial charge is 0.328 e. The third-order valence-corrected chi connectivity index (χ3v) is 1.77. The SMILES string of the molecule is CCn1cc(CO)n(C)c1=O. The van der Waals surface area contributed by atoms with Crippen molar-refractivity contribution in [3.63, 3.8) is 0 Å². The maximum Gasteiger partial charge on any atom is 0.328 e. The van der Waals surface area contributed by atoms with Crippen LogP contribution < -0.4 is 5.69 Å². The van der Waals surface area contributed by atoms with Gasteiger partial charge < -0.3 is 5.11 Å². The maximum absolute atomic E-state index is 11.2. The van der Waals surface area contributed by atoms with Gasteiger partial charge in [-0.05, 0) is 6.92 Å². The van der Waals surface area contributed by atoms with Crippen LogP contribution in [0.4, 0.5) is 0 Å². The molecule has 1 aromatic heterocycles.